The average Bonchev–Trinajstić information content (AvgIpc) is 2.63. The first-order chi connectivity index (χ1) is 7.84. The zero-order valence-electron chi connectivity index (χ0n) is 10.0. The van der Waals surface area contributed by atoms with Gasteiger partial charge in [-0.25, -0.2) is 0 Å². The fourth-order valence-corrected chi connectivity index (χ4v) is 2.30. The van der Waals surface area contributed by atoms with Gasteiger partial charge in [-0.15, -0.1) is 0 Å². The molecule has 0 aromatic carbocycles. The maximum absolute atomic E-state index is 5.09. The molecule has 0 radical (unpaired) electrons. The van der Waals surface area contributed by atoms with Gasteiger partial charge in [-0.05, 0) is 19.8 Å². The second-order valence-electron chi connectivity index (χ2n) is 4.66. The molecule has 0 atom stereocenters. The number of rotatable bonds is 3. The Bertz CT molecular complexity index is 303. The molecule has 1 aliphatic rings. The van der Waals surface area contributed by atoms with E-state index < -0.39 is 0 Å². The maximum Gasteiger partial charge on any atom is 0.240 e. The zero-order valence-corrected chi connectivity index (χ0v) is 10.0. The topological polar surface area (TPSA) is 51.0 Å². The monoisotopic (exact) mass is 223 g/mol. The highest BCUT2D eigenvalue weighted by atomic mass is 16.5. The lowest BCUT2D eigenvalue weighted by Gasteiger charge is -2.20. The third-order valence-electron chi connectivity index (χ3n) is 3.22. The summed E-state index contributed by atoms with van der Waals surface area (Å²) in [5, 5.41) is 7.31. The Morgan fingerprint density at radius 1 is 1.19 bits per heavy atom. The van der Waals surface area contributed by atoms with Crippen molar-refractivity contribution in [3.05, 3.63) is 11.7 Å². The van der Waals surface area contributed by atoms with Gasteiger partial charge in [0.1, 0.15) is 0 Å². The van der Waals surface area contributed by atoms with Crippen molar-refractivity contribution < 1.29 is 4.52 Å². The Kier molecular flexibility index (Phi) is 4.34. The number of aryl methyl sites for hydroxylation is 1. The van der Waals surface area contributed by atoms with Crippen LogP contribution in [0.3, 0.4) is 0 Å². The Morgan fingerprint density at radius 3 is 2.50 bits per heavy atom. The highest BCUT2D eigenvalue weighted by molar-refractivity contribution is 4.83. The summed E-state index contributed by atoms with van der Waals surface area (Å²) < 4.78 is 5.09. The van der Waals surface area contributed by atoms with Gasteiger partial charge in [-0.1, -0.05) is 37.3 Å². The summed E-state index contributed by atoms with van der Waals surface area (Å²) in [5.41, 5.74) is 0. The molecule has 1 aliphatic carbocycles. The number of hydrogen-bond acceptors (Lipinski definition) is 4. The molecule has 1 N–H and O–H groups in total. The summed E-state index contributed by atoms with van der Waals surface area (Å²) in [4.78, 5) is 4.20. The minimum absolute atomic E-state index is 0.632. The van der Waals surface area contributed by atoms with Crippen molar-refractivity contribution in [2.45, 2.75) is 64.5 Å². The third kappa shape index (κ3) is 3.59. The first kappa shape index (κ1) is 11.6. The first-order valence-corrected chi connectivity index (χ1v) is 6.37. The van der Waals surface area contributed by atoms with Gasteiger partial charge in [0.05, 0.1) is 6.54 Å². The van der Waals surface area contributed by atoms with E-state index in [0.717, 1.165) is 5.82 Å². The van der Waals surface area contributed by atoms with E-state index in [-0.39, 0.29) is 0 Å². The van der Waals surface area contributed by atoms with Crippen molar-refractivity contribution in [3.8, 4) is 0 Å². The molecule has 1 aromatic heterocycles. The highest BCUT2D eigenvalue weighted by Crippen LogP contribution is 2.17. The van der Waals surface area contributed by atoms with Crippen LogP contribution in [0.1, 0.15) is 56.7 Å². The summed E-state index contributed by atoms with van der Waals surface area (Å²) in [5.74, 6) is 1.43. The second kappa shape index (κ2) is 5.99. The number of hydrogen-bond donors (Lipinski definition) is 1. The van der Waals surface area contributed by atoms with Crippen molar-refractivity contribution in [1.29, 1.82) is 0 Å². The van der Waals surface area contributed by atoms with Gasteiger partial charge in [0.2, 0.25) is 5.89 Å². The molecule has 4 nitrogen and oxygen atoms in total. The van der Waals surface area contributed by atoms with Crippen LogP contribution >= 0.6 is 0 Å². The third-order valence-corrected chi connectivity index (χ3v) is 3.22. The lowest BCUT2D eigenvalue weighted by Crippen LogP contribution is -2.29. The Hall–Kier alpha value is -0.900. The Morgan fingerprint density at radius 2 is 1.88 bits per heavy atom. The van der Waals surface area contributed by atoms with Crippen LogP contribution in [0, 0.1) is 6.92 Å². The first-order valence-electron chi connectivity index (χ1n) is 6.37. The minimum atomic E-state index is 0.632. The van der Waals surface area contributed by atoms with E-state index in [9.17, 15) is 0 Å². The molecular formula is C12H21N3O. The van der Waals surface area contributed by atoms with E-state index in [1.54, 1.807) is 0 Å². The average molecular weight is 223 g/mol. The predicted molar refractivity (Wildman–Crippen MR) is 62.0 cm³/mol. The zero-order chi connectivity index (χ0) is 11.2. The summed E-state index contributed by atoms with van der Waals surface area (Å²) in [6.45, 7) is 2.56. The molecule has 1 heterocycles. The molecule has 1 fully saturated rings. The Labute approximate surface area is 96.8 Å². The van der Waals surface area contributed by atoms with Crippen molar-refractivity contribution in [1.82, 2.24) is 15.5 Å². The predicted octanol–water partition coefficient (Wildman–Crippen LogP) is 2.58. The lowest BCUT2D eigenvalue weighted by molar-refractivity contribution is 0.334. The van der Waals surface area contributed by atoms with Gasteiger partial charge in [0, 0.05) is 6.04 Å². The molecule has 16 heavy (non-hydrogen) atoms. The number of nitrogens with zero attached hydrogens (tertiary/aromatic N) is 2. The van der Waals surface area contributed by atoms with Crippen LogP contribution in [0.5, 0.6) is 0 Å². The van der Waals surface area contributed by atoms with Gasteiger partial charge in [0.15, 0.2) is 5.82 Å². The van der Waals surface area contributed by atoms with Gasteiger partial charge < -0.3 is 9.84 Å². The molecule has 0 bridgehead atoms. The molecule has 0 unspecified atom stereocenters. The van der Waals surface area contributed by atoms with Gasteiger partial charge in [0.25, 0.3) is 0 Å². The number of aromatic nitrogens is 2. The van der Waals surface area contributed by atoms with Crippen LogP contribution in [0.4, 0.5) is 0 Å². The van der Waals surface area contributed by atoms with E-state index >= 15 is 0 Å². The Balaban J connectivity index is 1.75. The summed E-state index contributed by atoms with van der Waals surface area (Å²) in [6, 6.07) is 0.632. The fraction of sp³-hybridized carbons (Fsp3) is 0.833. The van der Waals surface area contributed by atoms with Crippen LogP contribution < -0.4 is 5.32 Å². The van der Waals surface area contributed by atoms with E-state index in [1.807, 2.05) is 6.92 Å². The molecule has 1 saturated carbocycles. The van der Waals surface area contributed by atoms with Gasteiger partial charge in [-0.3, -0.25) is 0 Å². The van der Waals surface area contributed by atoms with Gasteiger partial charge in [-0.2, -0.15) is 4.98 Å². The van der Waals surface area contributed by atoms with E-state index in [1.165, 1.54) is 44.9 Å². The minimum Gasteiger partial charge on any atom is -0.338 e. The molecule has 90 valence electrons. The molecular weight excluding hydrogens is 202 g/mol. The highest BCUT2D eigenvalue weighted by Gasteiger charge is 2.12. The summed E-state index contributed by atoms with van der Waals surface area (Å²) >= 11 is 0. The maximum atomic E-state index is 5.09. The van der Waals surface area contributed by atoms with Crippen molar-refractivity contribution in [2.24, 2.45) is 0 Å². The van der Waals surface area contributed by atoms with Crippen LogP contribution in [-0.4, -0.2) is 16.2 Å². The van der Waals surface area contributed by atoms with E-state index in [4.69, 9.17) is 4.52 Å². The van der Waals surface area contributed by atoms with Crippen LogP contribution in [-0.2, 0) is 6.54 Å². The van der Waals surface area contributed by atoms with E-state index in [0.29, 0.717) is 18.5 Å². The molecule has 2 rings (SSSR count). The smallest absolute Gasteiger partial charge is 0.240 e. The standard InChI is InChI=1S/C12H21N3O/c1-10-14-12(16-15-10)9-13-11-7-5-3-2-4-6-8-11/h11,13H,2-9H2,1H3. The SMILES string of the molecule is Cc1noc(CNC2CCCCCCC2)n1. The summed E-state index contributed by atoms with van der Waals surface area (Å²) in [7, 11) is 0. The summed E-state index contributed by atoms with van der Waals surface area (Å²) in [6.07, 6.45) is 9.45. The van der Waals surface area contributed by atoms with E-state index in [2.05, 4.69) is 15.5 Å². The van der Waals surface area contributed by atoms with Crippen LogP contribution in [0.2, 0.25) is 0 Å². The van der Waals surface area contributed by atoms with Crippen molar-refractivity contribution in [2.75, 3.05) is 0 Å². The van der Waals surface area contributed by atoms with Gasteiger partial charge >= 0.3 is 0 Å². The normalized spacial score (nSPS) is 19.3. The molecule has 1 aromatic rings. The molecule has 0 spiro atoms. The van der Waals surface area contributed by atoms with Crippen molar-refractivity contribution in [3.63, 3.8) is 0 Å². The second-order valence-corrected chi connectivity index (χ2v) is 4.66. The quantitative estimate of drug-likeness (QED) is 0.855. The van der Waals surface area contributed by atoms with Crippen LogP contribution in [0.25, 0.3) is 0 Å². The number of nitrogens with one attached hydrogen (secondary N) is 1. The molecule has 0 saturated heterocycles. The molecule has 0 amide bonds. The molecule has 0 aliphatic heterocycles. The van der Waals surface area contributed by atoms with Crippen molar-refractivity contribution >= 4 is 0 Å². The fourth-order valence-electron chi connectivity index (χ4n) is 2.30. The lowest BCUT2D eigenvalue weighted by atomic mass is 9.97. The largest absolute Gasteiger partial charge is 0.338 e. The van der Waals surface area contributed by atoms with Crippen LogP contribution in [0.15, 0.2) is 4.52 Å². The molecule has 4 heteroatoms.